The van der Waals surface area contributed by atoms with Gasteiger partial charge in [0.05, 0.1) is 24.3 Å². The van der Waals surface area contributed by atoms with Crippen molar-refractivity contribution >= 4 is 12.3 Å². The summed E-state index contributed by atoms with van der Waals surface area (Å²) >= 11 is 0. The van der Waals surface area contributed by atoms with Crippen molar-refractivity contribution in [3.8, 4) is 6.07 Å². The normalized spacial score (nSPS) is 9.82. The maximum absolute atomic E-state index is 12.7. The third kappa shape index (κ3) is 2.45. The Morgan fingerprint density at radius 3 is 2.59 bits per heavy atom. The first-order chi connectivity index (χ1) is 8.04. The number of nitriles is 1. The van der Waals surface area contributed by atoms with Gasteiger partial charge in [-0.3, -0.25) is 4.79 Å². The first-order valence-electron chi connectivity index (χ1n) is 4.44. The molecule has 0 saturated carbocycles. The third-order valence-electron chi connectivity index (χ3n) is 2.11. The van der Waals surface area contributed by atoms with E-state index in [1.54, 1.807) is 6.07 Å². The van der Waals surface area contributed by atoms with Gasteiger partial charge < -0.3 is 4.74 Å². The number of carbonyl (C=O) groups is 2. The number of esters is 1. The smallest absolute Gasteiger partial charge is 0.337 e. The Bertz CT molecular complexity index is 506. The molecule has 17 heavy (non-hydrogen) atoms. The molecule has 1 aromatic rings. The second-order valence-corrected chi connectivity index (χ2v) is 3.05. The van der Waals surface area contributed by atoms with Gasteiger partial charge in [0.1, 0.15) is 0 Å². The highest BCUT2D eigenvalue weighted by Gasteiger charge is 2.20. The first kappa shape index (κ1) is 12.8. The predicted molar refractivity (Wildman–Crippen MR) is 52.8 cm³/mol. The molecule has 6 heteroatoms. The van der Waals surface area contributed by atoms with Gasteiger partial charge in [-0.05, 0) is 12.1 Å². The molecule has 0 bridgehead atoms. The summed E-state index contributed by atoms with van der Waals surface area (Å²) in [6.45, 7) is 0. The molecule has 0 N–H and O–H groups in total. The van der Waals surface area contributed by atoms with Crippen LogP contribution in [0.3, 0.4) is 0 Å². The van der Waals surface area contributed by atoms with E-state index in [4.69, 9.17) is 5.26 Å². The van der Waals surface area contributed by atoms with Gasteiger partial charge in [0.25, 0.3) is 6.43 Å². The molecule has 0 saturated heterocycles. The van der Waals surface area contributed by atoms with Crippen molar-refractivity contribution in [2.75, 3.05) is 7.11 Å². The number of halogens is 2. The summed E-state index contributed by atoms with van der Waals surface area (Å²) in [5.74, 6) is -0.846. The highest BCUT2D eigenvalue weighted by Crippen LogP contribution is 2.26. The quantitative estimate of drug-likeness (QED) is 0.598. The van der Waals surface area contributed by atoms with Crippen molar-refractivity contribution in [2.24, 2.45) is 0 Å². The van der Waals surface area contributed by atoms with E-state index < -0.39 is 23.5 Å². The highest BCUT2D eigenvalue weighted by molar-refractivity contribution is 5.92. The fourth-order valence-corrected chi connectivity index (χ4v) is 1.32. The van der Waals surface area contributed by atoms with Crippen molar-refractivity contribution in [1.29, 1.82) is 5.26 Å². The summed E-state index contributed by atoms with van der Waals surface area (Å²) in [7, 11) is 1.09. The minimum Gasteiger partial charge on any atom is -0.465 e. The van der Waals surface area contributed by atoms with Gasteiger partial charge in [-0.2, -0.15) is 5.26 Å². The van der Waals surface area contributed by atoms with Gasteiger partial charge in [0, 0.05) is 11.1 Å². The molecule has 88 valence electrons. The van der Waals surface area contributed by atoms with E-state index in [0.717, 1.165) is 19.2 Å². The van der Waals surface area contributed by atoms with Crippen molar-refractivity contribution in [3.05, 3.63) is 34.4 Å². The number of rotatable bonds is 3. The Hall–Kier alpha value is -2.29. The highest BCUT2D eigenvalue weighted by atomic mass is 19.3. The van der Waals surface area contributed by atoms with Crippen molar-refractivity contribution in [1.82, 2.24) is 0 Å². The van der Waals surface area contributed by atoms with E-state index in [1.165, 1.54) is 0 Å². The van der Waals surface area contributed by atoms with E-state index >= 15 is 0 Å². The van der Waals surface area contributed by atoms with Crippen LogP contribution in [0, 0.1) is 11.3 Å². The number of aldehydes is 1. The number of alkyl halides is 2. The summed E-state index contributed by atoms with van der Waals surface area (Å²) in [6, 6.07) is 3.48. The lowest BCUT2D eigenvalue weighted by molar-refractivity contribution is 0.0600. The van der Waals surface area contributed by atoms with Crippen LogP contribution in [0.25, 0.3) is 0 Å². The van der Waals surface area contributed by atoms with Crippen molar-refractivity contribution < 1.29 is 23.1 Å². The molecular weight excluding hydrogens is 232 g/mol. The van der Waals surface area contributed by atoms with E-state index in [-0.39, 0.29) is 17.4 Å². The van der Waals surface area contributed by atoms with Gasteiger partial charge in [-0.1, -0.05) is 0 Å². The lowest BCUT2D eigenvalue weighted by Gasteiger charge is -2.08. The zero-order valence-electron chi connectivity index (χ0n) is 8.74. The molecule has 0 spiro atoms. The second kappa shape index (κ2) is 5.16. The van der Waals surface area contributed by atoms with Crippen LogP contribution in [0.15, 0.2) is 12.1 Å². The number of carbonyl (C=O) groups excluding carboxylic acids is 2. The van der Waals surface area contributed by atoms with Gasteiger partial charge in [0.2, 0.25) is 0 Å². The SMILES string of the molecule is COC(=O)c1cc(C#N)c(C=O)c(C(F)F)c1. The largest absolute Gasteiger partial charge is 0.465 e. The summed E-state index contributed by atoms with van der Waals surface area (Å²) in [4.78, 5) is 21.9. The maximum atomic E-state index is 12.7. The first-order valence-corrected chi connectivity index (χ1v) is 4.44. The Morgan fingerprint density at radius 2 is 2.18 bits per heavy atom. The molecule has 1 aromatic carbocycles. The molecule has 0 atom stereocenters. The van der Waals surface area contributed by atoms with Gasteiger partial charge in [0.15, 0.2) is 6.29 Å². The molecule has 0 unspecified atom stereocenters. The zero-order valence-corrected chi connectivity index (χ0v) is 8.74. The number of hydrogen-bond acceptors (Lipinski definition) is 4. The van der Waals surface area contributed by atoms with E-state index in [1.807, 2.05) is 0 Å². The van der Waals surface area contributed by atoms with Crippen LogP contribution in [-0.4, -0.2) is 19.4 Å². The summed E-state index contributed by atoms with van der Waals surface area (Å²) in [6.07, 6.45) is -2.78. The summed E-state index contributed by atoms with van der Waals surface area (Å²) in [5.41, 5.74) is -1.53. The second-order valence-electron chi connectivity index (χ2n) is 3.05. The molecule has 1 rings (SSSR count). The average molecular weight is 239 g/mol. The number of benzene rings is 1. The number of ether oxygens (including phenoxy) is 1. The van der Waals surface area contributed by atoms with Gasteiger partial charge in [-0.15, -0.1) is 0 Å². The fraction of sp³-hybridized carbons (Fsp3) is 0.182. The lowest BCUT2D eigenvalue weighted by Crippen LogP contribution is -2.06. The molecule has 0 aliphatic rings. The number of methoxy groups -OCH3 is 1. The van der Waals surface area contributed by atoms with Crippen LogP contribution in [-0.2, 0) is 4.74 Å². The van der Waals surface area contributed by atoms with Crippen molar-refractivity contribution in [2.45, 2.75) is 6.43 Å². The molecule has 0 aromatic heterocycles. The molecular formula is C11H7F2NO3. The zero-order chi connectivity index (χ0) is 13.0. The van der Waals surface area contributed by atoms with Gasteiger partial charge >= 0.3 is 5.97 Å². The minimum absolute atomic E-state index is 0.168. The molecule has 0 radical (unpaired) electrons. The molecule has 0 amide bonds. The Balaban J connectivity index is 3.52. The standard InChI is InChI=1S/C11H7F2NO3/c1-17-11(16)6-2-7(4-14)9(5-15)8(3-6)10(12)13/h2-3,5,10H,1H3. The molecule has 4 nitrogen and oxygen atoms in total. The van der Waals surface area contributed by atoms with Gasteiger partial charge in [-0.25, -0.2) is 13.6 Å². The molecule has 0 fully saturated rings. The number of hydrogen-bond donors (Lipinski definition) is 0. The van der Waals surface area contributed by atoms with E-state index in [2.05, 4.69) is 4.74 Å². The van der Waals surface area contributed by atoms with Crippen molar-refractivity contribution in [3.63, 3.8) is 0 Å². The average Bonchev–Trinajstić information content (AvgIpc) is 2.35. The Kier molecular flexibility index (Phi) is 3.88. The summed E-state index contributed by atoms with van der Waals surface area (Å²) in [5, 5.41) is 8.73. The Morgan fingerprint density at radius 1 is 1.53 bits per heavy atom. The Labute approximate surface area is 95.4 Å². The number of nitrogens with zero attached hydrogens (tertiary/aromatic N) is 1. The van der Waals surface area contributed by atoms with E-state index in [9.17, 15) is 18.4 Å². The van der Waals surface area contributed by atoms with Crippen LogP contribution in [0.2, 0.25) is 0 Å². The van der Waals surface area contributed by atoms with Crippen LogP contribution in [0.4, 0.5) is 8.78 Å². The molecule has 0 heterocycles. The van der Waals surface area contributed by atoms with Crippen LogP contribution in [0.5, 0.6) is 0 Å². The molecule has 0 aliphatic carbocycles. The van der Waals surface area contributed by atoms with E-state index in [0.29, 0.717) is 0 Å². The molecule has 0 aliphatic heterocycles. The summed E-state index contributed by atoms with van der Waals surface area (Å²) < 4.78 is 29.7. The van der Waals surface area contributed by atoms with Crippen LogP contribution in [0.1, 0.15) is 38.3 Å². The minimum atomic E-state index is -2.95. The fourth-order valence-electron chi connectivity index (χ4n) is 1.32. The predicted octanol–water partition coefficient (Wildman–Crippen LogP) is 2.09. The monoisotopic (exact) mass is 239 g/mol. The third-order valence-corrected chi connectivity index (χ3v) is 2.11. The topological polar surface area (TPSA) is 67.2 Å². The van der Waals surface area contributed by atoms with Crippen LogP contribution < -0.4 is 0 Å². The maximum Gasteiger partial charge on any atom is 0.337 e. The lowest BCUT2D eigenvalue weighted by atomic mass is 9.99. The van der Waals surface area contributed by atoms with Crippen LogP contribution >= 0.6 is 0 Å².